The molecule has 3 rings (SSSR count). The molecule has 2 atom stereocenters. The molecule has 31 heavy (non-hydrogen) atoms. The Morgan fingerprint density at radius 1 is 1.19 bits per heavy atom. The molecule has 0 amide bonds. The summed E-state index contributed by atoms with van der Waals surface area (Å²) in [5.41, 5.74) is 2.69. The maximum Gasteiger partial charge on any atom is 0.161 e. The summed E-state index contributed by atoms with van der Waals surface area (Å²) < 4.78 is 35.0. The topological polar surface area (TPSA) is 93.1 Å². The second kappa shape index (κ2) is 10.3. The van der Waals surface area contributed by atoms with E-state index in [1.54, 1.807) is 18.2 Å². The molecule has 8 heteroatoms. The summed E-state index contributed by atoms with van der Waals surface area (Å²) in [6.07, 6.45) is 0.451. The van der Waals surface area contributed by atoms with Gasteiger partial charge in [-0.15, -0.1) is 0 Å². The zero-order valence-corrected chi connectivity index (χ0v) is 18.7. The molecular formula is C23H29NO6S. The van der Waals surface area contributed by atoms with E-state index in [9.17, 15) is 18.3 Å². The third kappa shape index (κ3) is 6.53. The fourth-order valence-electron chi connectivity index (χ4n) is 3.72. The van der Waals surface area contributed by atoms with Gasteiger partial charge in [-0.25, -0.2) is 8.42 Å². The zero-order valence-electron chi connectivity index (χ0n) is 17.9. The van der Waals surface area contributed by atoms with Gasteiger partial charge < -0.3 is 14.6 Å². The van der Waals surface area contributed by atoms with Crippen LogP contribution < -0.4 is 9.47 Å². The van der Waals surface area contributed by atoms with Crippen LogP contribution in [0.5, 0.6) is 11.5 Å². The first kappa shape index (κ1) is 23.2. The molecule has 168 valence electrons. The standard InChI is InChI=1S/C23H29NO6S/c1-17-3-5-18(6-4-17)12-24(20-9-10-31(27,28)16-20)13-21(26)15-30-22-8-7-19(14-25)11-23(22)29-2/h3-8,11,14,20-21,26H,9-10,12-13,15-16H2,1-2H3. The van der Waals surface area contributed by atoms with Crippen LogP contribution in [0.4, 0.5) is 0 Å². The van der Waals surface area contributed by atoms with Crippen molar-refractivity contribution in [3.05, 3.63) is 59.2 Å². The van der Waals surface area contributed by atoms with E-state index >= 15 is 0 Å². The smallest absolute Gasteiger partial charge is 0.161 e. The first-order valence-electron chi connectivity index (χ1n) is 10.2. The second-order valence-corrected chi connectivity index (χ2v) is 10.2. The number of carbonyl (C=O) groups excluding carboxylic acids is 1. The van der Waals surface area contributed by atoms with Crippen LogP contribution in [0.3, 0.4) is 0 Å². The van der Waals surface area contributed by atoms with Crippen LogP contribution in [-0.2, 0) is 16.4 Å². The maximum atomic E-state index is 12.0. The van der Waals surface area contributed by atoms with E-state index in [0.717, 1.165) is 17.4 Å². The Kier molecular flexibility index (Phi) is 7.69. The van der Waals surface area contributed by atoms with Crippen LogP contribution in [0.15, 0.2) is 42.5 Å². The number of carbonyl (C=O) groups is 1. The van der Waals surface area contributed by atoms with E-state index in [2.05, 4.69) is 0 Å². The molecule has 2 aromatic rings. The largest absolute Gasteiger partial charge is 0.493 e. The average molecular weight is 448 g/mol. The summed E-state index contributed by atoms with van der Waals surface area (Å²) >= 11 is 0. The molecule has 0 aliphatic carbocycles. The molecule has 0 bridgehead atoms. The van der Waals surface area contributed by atoms with Crippen LogP contribution in [-0.4, -0.2) is 68.6 Å². The predicted molar refractivity (Wildman–Crippen MR) is 119 cm³/mol. The van der Waals surface area contributed by atoms with Crippen LogP contribution in [0.2, 0.25) is 0 Å². The van der Waals surface area contributed by atoms with Crippen molar-refractivity contribution in [1.29, 1.82) is 0 Å². The van der Waals surface area contributed by atoms with Gasteiger partial charge in [0.15, 0.2) is 21.3 Å². The van der Waals surface area contributed by atoms with E-state index in [-0.39, 0.29) is 30.7 Å². The van der Waals surface area contributed by atoms with Crippen molar-refractivity contribution in [1.82, 2.24) is 4.90 Å². The van der Waals surface area contributed by atoms with Crippen molar-refractivity contribution >= 4 is 16.1 Å². The molecule has 1 heterocycles. The van der Waals surface area contributed by atoms with Gasteiger partial charge in [0.25, 0.3) is 0 Å². The van der Waals surface area contributed by atoms with Gasteiger partial charge in [0.2, 0.25) is 0 Å². The number of aryl methyl sites for hydroxylation is 1. The summed E-state index contributed by atoms with van der Waals surface area (Å²) in [5, 5.41) is 10.6. The Morgan fingerprint density at radius 3 is 2.55 bits per heavy atom. The highest BCUT2D eigenvalue weighted by Crippen LogP contribution is 2.28. The van der Waals surface area contributed by atoms with E-state index in [4.69, 9.17) is 9.47 Å². The molecule has 1 saturated heterocycles. The minimum atomic E-state index is -3.05. The number of hydrogen-bond donors (Lipinski definition) is 1. The van der Waals surface area contributed by atoms with Gasteiger partial charge in [-0.1, -0.05) is 29.8 Å². The summed E-state index contributed by atoms with van der Waals surface area (Å²) in [6.45, 7) is 2.86. The van der Waals surface area contributed by atoms with Crippen molar-refractivity contribution in [2.24, 2.45) is 0 Å². The molecule has 1 fully saturated rings. The van der Waals surface area contributed by atoms with Crippen LogP contribution >= 0.6 is 0 Å². The molecule has 1 aliphatic heterocycles. The maximum absolute atomic E-state index is 12.0. The van der Waals surface area contributed by atoms with Gasteiger partial charge in [0, 0.05) is 24.7 Å². The Morgan fingerprint density at radius 2 is 1.94 bits per heavy atom. The Hall–Kier alpha value is -2.42. The number of aliphatic hydroxyl groups excluding tert-OH is 1. The molecule has 1 N–H and O–H groups in total. The monoisotopic (exact) mass is 447 g/mol. The molecular weight excluding hydrogens is 418 g/mol. The van der Waals surface area contributed by atoms with Gasteiger partial charge in [-0.3, -0.25) is 9.69 Å². The molecule has 0 saturated carbocycles. The third-order valence-electron chi connectivity index (χ3n) is 5.43. The van der Waals surface area contributed by atoms with Crippen molar-refractivity contribution in [3.8, 4) is 11.5 Å². The van der Waals surface area contributed by atoms with Gasteiger partial charge in [-0.2, -0.15) is 0 Å². The number of sulfone groups is 1. The van der Waals surface area contributed by atoms with Gasteiger partial charge >= 0.3 is 0 Å². The quantitative estimate of drug-likeness (QED) is 0.559. The lowest BCUT2D eigenvalue weighted by molar-refractivity contribution is 0.0517. The second-order valence-electron chi connectivity index (χ2n) is 7.96. The number of nitrogens with zero attached hydrogens (tertiary/aromatic N) is 1. The number of hydrogen-bond acceptors (Lipinski definition) is 7. The lowest BCUT2D eigenvalue weighted by Crippen LogP contribution is -2.42. The van der Waals surface area contributed by atoms with Crippen molar-refractivity contribution in [2.45, 2.75) is 32.0 Å². The van der Waals surface area contributed by atoms with Crippen molar-refractivity contribution < 1.29 is 27.8 Å². The highest BCUT2D eigenvalue weighted by atomic mass is 32.2. The molecule has 0 spiro atoms. The summed E-state index contributed by atoms with van der Waals surface area (Å²) in [5.74, 6) is 1.12. The molecule has 0 radical (unpaired) electrons. The van der Waals surface area contributed by atoms with Crippen molar-refractivity contribution in [2.75, 3.05) is 31.8 Å². The first-order chi connectivity index (χ1) is 14.8. The van der Waals surface area contributed by atoms with Gasteiger partial charge in [0.05, 0.1) is 18.6 Å². The first-order valence-corrected chi connectivity index (χ1v) is 12.1. The number of aliphatic hydroxyl groups is 1. The predicted octanol–water partition coefficient (Wildman–Crippen LogP) is 2.25. The van der Waals surface area contributed by atoms with Crippen LogP contribution in [0, 0.1) is 6.92 Å². The van der Waals surface area contributed by atoms with Crippen LogP contribution in [0.25, 0.3) is 0 Å². The van der Waals surface area contributed by atoms with E-state index in [1.807, 2.05) is 36.1 Å². The Bertz CT molecular complexity index is 990. The minimum Gasteiger partial charge on any atom is -0.493 e. The highest BCUT2D eigenvalue weighted by molar-refractivity contribution is 7.91. The van der Waals surface area contributed by atoms with Gasteiger partial charge in [0.1, 0.15) is 19.0 Å². The lowest BCUT2D eigenvalue weighted by atomic mass is 10.1. The summed E-state index contributed by atoms with van der Waals surface area (Å²) in [6, 6.07) is 12.8. The fourth-order valence-corrected chi connectivity index (χ4v) is 5.48. The normalized spacial score (nSPS) is 18.6. The number of ether oxygens (including phenoxy) is 2. The molecule has 0 aromatic heterocycles. The number of rotatable bonds is 10. The van der Waals surface area contributed by atoms with Crippen LogP contribution in [0.1, 0.15) is 27.9 Å². The molecule has 2 aromatic carbocycles. The summed E-state index contributed by atoms with van der Waals surface area (Å²) in [7, 11) is -1.56. The SMILES string of the molecule is COc1cc(C=O)ccc1OCC(O)CN(Cc1ccc(C)cc1)C1CCS(=O)(=O)C1. The zero-order chi connectivity index (χ0) is 22.4. The molecule has 2 unspecified atom stereocenters. The Labute approximate surface area is 183 Å². The summed E-state index contributed by atoms with van der Waals surface area (Å²) in [4.78, 5) is 13.0. The van der Waals surface area contributed by atoms with E-state index in [1.165, 1.54) is 7.11 Å². The number of benzene rings is 2. The third-order valence-corrected chi connectivity index (χ3v) is 7.18. The highest BCUT2D eigenvalue weighted by Gasteiger charge is 2.33. The van der Waals surface area contributed by atoms with Gasteiger partial charge in [-0.05, 0) is 37.1 Å². The molecule has 7 nitrogen and oxygen atoms in total. The van der Waals surface area contributed by atoms with Crippen molar-refractivity contribution in [3.63, 3.8) is 0 Å². The Balaban J connectivity index is 1.67. The van der Waals surface area contributed by atoms with E-state index in [0.29, 0.717) is 30.0 Å². The van der Waals surface area contributed by atoms with E-state index < -0.39 is 15.9 Å². The number of methoxy groups -OCH3 is 1. The average Bonchev–Trinajstić information content (AvgIpc) is 3.12. The molecule has 1 aliphatic rings. The number of aldehydes is 1. The fraction of sp³-hybridized carbons (Fsp3) is 0.435. The lowest BCUT2D eigenvalue weighted by Gasteiger charge is -2.30. The minimum absolute atomic E-state index is 0.0145.